The van der Waals surface area contributed by atoms with E-state index in [1.54, 1.807) is 6.07 Å². The Morgan fingerprint density at radius 2 is 1.61 bits per heavy atom. The molecular formula is C27H28N2O4. The minimum atomic E-state index is -0.260. The zero-order valence-corrected chi connectivity index (χ0v) is 19.0. The first-order valence-corrected chi connectivity index (χ1v) is 11.1. The number of hydrogen-bond donors (Lipinski definition) is 1. The highest BCUT2D eigenvalue weighted by atomic mass is 16.5. The van der Waals surface area contributed by atoms with E-state index in [1.165, 1.54) is 14.0 Å². The molecular weight excluding hydrogens is 416 g/mol. The van der Waals surface area contributed by atoms with Gasteiger partial charge in [0.25, 0.3) is 5.91 Å². The number of ether oxygens (including phenoxy) is 2. The molecule has 0 saturated carbocycles. The maximum atomic E-state index is 13.6. The summed E-state index contributed by atoms with van der Waals surface area (Å²) in [6.07, 6.45) is 1.97. The van der Waals surface area contributed by atoms with Gasteiger partial charge < -0.3 is 19.7 Å². The van der Waals surface area contributed by atoms with Crippen molar-refractivity contribution in [2.75, 3.05) is 25.5 Å². The van der Waals surface area contributed by atoms with E-state index in [9.17, 15) is 9.59 Å². The third-order valence-corrected chi connectivity index (χ3v) is 5.68. The minimum Gasteiger partial charge on any atom is -0.493 e. The standard InChI is InChI=1S/C27H28N2O4/c1-19(30)28-25-24(21-13-7-4-8-14-21)22(27(31)29-15-9-10-16-29)17-23(32-2)26(25)33-18-20-11-5-3-6-12-20/h3-8,11-14,17H,9-10,15-16,18H2,1-2H3,(H,28,30). The second-order valence-electron chi connectivity index (χ2n) is 8.03. The summed E-state index contributed by atoms with van der Waals surface area (Å²) < 4.78 is 11.9. The fourth-order valence-electron chi connectivity index (χ4n) is 4.12. The van der Waals surface area contributed by atoms with Crippen LogP contribution in [0, 0.1) is 0 Å². The van der Waals surface area contributed by atoms with Crippen molar-refractivity contribution in [2.45, 2.75) is 26.4 Å². The van der Waals surface area contributed by atoms with E-state index < -0.39 is 0 Å². The molecule has 0 unspecified atom stereocenters. The lowest BCUT2D eigenvalue weighted by atomic mass is 9.95. The Kier molecular flexibility index (Phi) is 6.93. The molecule has 0 radical (unpaired) electrons. The molecule has 0 aromatic heterocycles. The smallest absolute Gasteiger partial charge is 0.254 e. The van der Waals surface area contributed by atoms with Gasteiger partial charge in [0.05, 0.1) is 18.4 Å². The number of amides is 2. The van der Waals surface area contributed by atoms with Crippen LogP contribution in [0.3, 0.4) is 0 Å². The fourth-order valence-corrected chi connectivity index (χ4v) is 4.12. The Morgan fingerprint density at radius 3 is 2.21 bits per heavy atom. The van der Waals surface area contributed by atoms with Crippen molar-refractivity contribution in [2.24, 2.45) is 0 Å². The average Bonchev–Trinajstić information content (AvgIpc) is 3.38. The first-order valence-electron chi connectivity index (χ1n) is 11.1. The van der Waals surface area contributed by atoms with Crippen molar-refractivity contribution >= 4 is 17.5 Å². The number of carbonyl (C=O) groups excluding carboxylic acids is 2. The van der Waals surface area contributed by atoms with Crippen LogP contribution in [0.4, 0.5) is 5.69 Å². The van der Waals surface area contributed by atoms with Gasteiger partial charge in [-0.2, -0.15) is 0 Å². The second kappa shape index (κ2) is 10.2. The molecule has 0 spiro atoms. The third kappa shape index (κ3) is 5.00. The van der Waals surface area contributed by atoms with Crippen molar-refractivity contribution < 1.29 is 19.1 Å². The second-order valence-corrected chi connectivity index (χ2v) is 8.03. The van der Waals surface area contributed by atoms with E-state index in [0.717, 1.165) is 37.1 Å². The van der Waals surface area contributed by atoms with Crippen LogP contribution in [0.15, 0.2) is 66.7 Å². The Morgan fingerprint density at radius 1 is 0.970 bits per heavy atom. The quantitative estimate of drug-likeness (QED) is 0.548. The molecule has 1 aliphatic heterocycles. The molecule has 1 aliphatic rings. The van der Waals surface area contributed by atoms with Gasteiger partial charge in [-0.05, 0) is 30.0 Å². The van der Waals surface area contributed by atoms with Crippen LogP contribution < -0.4 is 14.8 Å². The molecule has 33 heavy (non-hydrogen) atoms. The molecule has 3 aromatic carbocycles. The predicted molar refractivity (Wildman–Crippen MR) is 129 cm³/mol. The molecule has 170 valence electrons. The Balaban J connectivity index is 1.90. The zero-order chi connectivity index (χ0) is 23.2. The van der Waals surface area contributed by atoms with E-state index in [-0.39, 0.29) is 18.4 Å². The van der Waals surface area contributed by atoms with Crippen LogP contribution in [-0.4, -0.2) is 36.9 Å². The monoisotopic (exact) mass is 444 g/mol. The highest BCUT2D eigenvalue weighted by Gasteiger charge is 2.29. The SMILES string of the molecule is COc1cc(C(=O)N2CCCC2)c(-c2ccccc2)c(NC(C)=O)c1OCc1ccccc1. The van der Waals surface area contributed by atoms with E-state index in [2.05, 4.69) is 5.32 Å². The summed E-state index contributed by atoms with van der Waals surface area (Å²) in [4.78, 5) is 27.7. The molecule has 3 aromatic rings. The highest BCUT2D eigenvalue weighted by molar-refractivity contribution is 6.08. The lowest BCUT2D eigenvalue weighted by Gasteiger charge is -2.24. The number of methoxy groups -OCH3 is 1. The van der Waals surface area contributed by atoms with Gasteiger partial charge in [0.15, 0.2) is 11.5 Å². The minimum absolute atomic E-state index is 0.0779. The lowest BCUT2D eigenvalue weighted by molar-refractivity contribution is -0.114. The van der Waals surface area contributed by atoms with Crippen molar-refractivity contribution in [1.82, 2.24) is 4.90 Å². The normalized spacial score (nSPS) is 13.0. The van der Waals surface area contributed by atoms with Gasteiger partial charge in [0, 0.05) is 25.6 Å². The average molecular weight is 445 g/mol. The van der Waals surface area contributed by atoms with Gasteiger partial charge in [-0.3, -0.25) is 9.59 Å². The van der Waals surface area contributed by atoms with Gasteiger partial charge in [0.2, 0.25) is 5.91 Å². The first kappa shape index (κ1) is 22.4. The van der Waals surface area contributed by atoms with Crippen LogP contribution in [0.25, 0.3) is 11.1 Å². The first-order chi connectivity index (χ1) is 16.1. The molecule has 1 heterocycles. The largest absolute Gasteiger partial charge is 0.493 e. The number of anilines is 1. The number of benzene rings is 3. The zero-order valence-electron chi connectivity index (χ0n) is 19.0. The molecule has 1 fully saturated rings. The summed E-state index contributed by atoms with van der Waals surface area (Å²) >= 11 is 0. The van der Waals surface area contributed by atoms with Crippen molar-refractivity contribution in [3.63, 3.8) is 0 Å². The van der Waals surface area contributed by atoms with Crippen LogP contribution >= 0.6 is 0 Å². The van der Waals surface area contributed by atoms with Crippen LogP contribution in [-0.2, 0) is 11.4 Å². The number of hydrogen-bond acceptors (Lipinski definition) is 4. The van der Waals surface area contributed by atoms with Crippen LogP contribution in [0.5, 0.6) is 11.5 Å². The highest BCUT2D eigenvalue weighted by Crippen LogP contribution is 2.46. The number of carbonyl (C=O) groups is 2. The molecule has 6 nitrogen and oxygen atoms in total. The summed E-state index contributed by atoms with van der Waals surface area (Å²) in [5, 5.41) is 2.92. The van der Waals surface area contributed by atoms with Crippen molar-refractivity contribution in [1.29, 1.82) is 0 Å². The van der Waals surface area contributed by atoms with E-state index in [0.29, 0.717) is 28.3 Å². The maximum absolute atomic E-state index is 13.6. The van der Waals surface area contributed by atoms with Gasteiger partial charge in [0.1, 0.15) is 6.61 Å². The Labute approximate surface area is 194 Å². The summed E-state index contributed by atoms with van der Waals surface area (Å²) in [5.74, 6) is 0.459. The lowest BCUT2D eigenvalue weighted by Crippen LogP contribution is -2.28. The molecule has 6 heteroatoms. The Hall–Kier alpha value is -3.80. The molecule has 2 amide bonds. The Bertz CT molecular complexity index is 1120. The number of likely N-dealkylation sites (tertiary alicyclic amines) is 1. The molecule has 0 aliphatic carbocycles. The summed E-state index contributed by atoms with van der Waals surface area (Å²) in [6.45, 7) is 3.17. The predicted octanol–water partition coefficient (Wildman–Crippen LogP) is 5.14. The third-order valence-electron chi connectivity index (χ3n) is 5.68. The molecule has 0 atom stereocenters. The van der Waals surface area contributed by atoms with Gasteiger partial charge >= 0.3 is 0 Å². The molecule has 0 bridgehead atoms. The van der Waals surface area contributed by atoms with E-state index in [4.69, 9.17) is 9.47 Å². The van der Waals surface area contributed by atoms with E-state index in [1.807, 2.05) is 65.6 Å². The summed E-state index contributed by atoms with van der Waals surface area (Å²) in [6, 6.07) is 21.1. The number of nitrogens with zero attached hydrogens (tertiary/aromatic N) is 1. The van der Waals surface area contributed by atoms with Crippen molar-refractivity contribution in [3.8, 4) is 22.6 Å². The molecule has 1 N–H and O–H groups in total. The number of nitrogens with one attached hydrogen (secondary N) is 1. The van der Waals surface area contributed by atoms with Gasteiger partial charge in [-0.25, -0.2) is 0 Å². The summed E-state index contributed by atoms with van der Waals surface area (Å²) in [7, 11) is 1.54. The van der Waals surface area contributed by atoms with Crippen LogP contribution in [0.2, 0.25) is 0 Å². The fraction of sp³-hybridized carbons (Fsp3) is 0.259. The van der Waals surface area contributed by atoms with Crippen molar-refractivity contribution in [3.05, 3.63) is 77.9 Å². The molecule has 1 saturated heterocycles. The van der Waals surface area contributed by atoms with Gasteiger partial charge in [-0.15, -0.1) is 0 Å². The van der Waals surface area contributed by atoms with Crippen LogP contribution in [0.1, 0.15) is 35.7 Å². The van der Waals surface area contributed by atoms with E-state index >= 15 is 0 Å². The number of rotatable bonds is 7. The molecule has 4 rings (SSSR count). The van der Waals surface area contributed by atoms with Gasteiger partial charge in [-0.1, -0.05) is 60.7 Å². The summed E-state index contributed by atoms with van der Waals surface area (Å²) in [5.41, 5.74) is 3.34. The maximum Gasteiger partial charge on any atom is 0.254 e. The topological polar surface area (TPSA) is 67.9 Å².